The highest BCUT2D eigenvalue weighted by Gasteiger charge is 2.31. The summed E-state index contributed by atoms with van der Waals surface area (Å²) in [4.78, 5) is 56.7. The molecule has 10 heteroatoms. The van der Waals surface area contributed by atoms with E-state index in [9.17, 15) is 19.2 Å². The zero-order valence-corrected chi connectivity index (χ0v) is 20.8. The Labute approximate surface area is 216 Å². The van der Waals surface area contributed by atoms with Crippen molar-refractivity contribution in [3.63, 3.8) is 0 Å². The highest BCUT2D eigenvalue weighted by molar-refractivity contribution is 5.89. The van der Waals surface area contributed by atoms with Crippen molar-refractivity contribution in [3.05, 3.63) is 92.5 Å². The summed E-state index contributed by atoms with van der Waals surface area (Å²) in [5, 5.41) is 7.63. The molecule has 194 valence electrons. The molecule has 0 fully saturated rings. The predicted octanol–water partition coefficient (Wildman–Crippen LogP) is 2.64. The molecule has 5 aromatic rings. The fraction of sp³-hybridized carbons (Fsp3) is 0.214. The van der Waals surface area contributed by atoms with Gasteiger partial charge in [-0.05, 0) is 23.3 Å². The molecule has 0 amide bonds. The van der Waals surface area contributed by atoms with E-state index >= 15 is 0 Å². The number of ether oxygens (including phenoxy) is 2. The number of fused-ring (bicyclic) bond motifs is 2. The molecule has 2 heterocycles. The number of H-pyrrole nitrogens is 2. The fourth-order valence-electron chi connectivity index (χ4n) is 4.73. The molecule has 0 radical (unpaired) electrons. The lowest BCUT2D eigenvalue weighted by molar-refractivity contribution is -0.142. The third kappa shape index (κ3) is 4.52. The number of aromatic amines is 2. The van der Waals surface area contributed by atoms with Gasteiger partial charge in [0.15, 0.2) is 0 Å². The zero-order valence-electron chi connectivity index (χ0n) is 20.8. The maximum Gasteiger partial charge on any atom is 0.328 e. The molecule has 0 aliphatic carbocycles. The maximum atomic E-state index is 12.6. The first-order valence-corrected chi connectivity index (χ1v) is 12.0. The number of benzene rings is 2. The summed E-state index contributed by atoms with van der Waals surface area (Å²) in [6, 6.07) is 13.3. The molecule has 2 aromatic heterocycles. The van der Waals surface area contributed by atoms with Crippen LogP contribution < -0.4 is 21.5 Å². The number of hydrogen-bond acceptors (Lipinski definition) is 8. The smallest absolute Gasteiger partial charge is 0.328 e. The van der Waals surface area contributed by atoms with Crippen LogP contribution in [0.4, 0.5) is 11.4 Å². The minimum absolute atomic E-state index is 0.0712. The average molecular weight is 515 g/mol. The molecular formula is C28H26N4O6. The highest BCUT2D eigenvalue weighted by Crippen LogP contribution is 2.25. The summed E-state index contributed by atoms with van der Waals surface area (Å²) in [5.74, 6) is -1.20. The lowest BCUT2D eigenvalue weighted by Gasteiger charge is -2.23. The molecule has 0 bridgehead atoms. The van der Waals surface area contributed by atoms with Crippen molar-refractivity contribution in [1.29, 1.82) is 0 Å². The lowest BCUT2D eigenvalue weighted by atomic mass is 10.0. The number of carbonyl (C=O) groups excluding carboxylic acids is 2. The summed E-state index contributed by atoms with van der Waals surface area (Å²) < 4.78 is 9.92. The molecule has 0 aliphatic rings. The lowest BCUT2D eigenvalue weighted by Crippen LogP contribution is -2.45. The molecule has 2 unspecified atom stereocenters. The molecule has 0 aliphatic heterocycles. The third-order valence-electron chi connectivity index (χ3n) is 6.72. The van der Waals surface area contributed by atoms with Gasteiger partial charge in [-0.2, -0.15) is 0 Å². The van der Waals surface area contributed by atoms with Gasteiger partial charge in [0.05, 0.1) is 14.2 Å². The number of aromatic nitrogens is 2. The van der Waals surface area contributed by atoms with E-state index < -0.39 is 34.9 Å². The van der Waals surface area contributed by atoms with Crippen molar-refractivity contribution < 1.29 is 19.1 Å². The van der Waals surface area contributed by atoms with Crippen molar-refractivity contribution in [2.24, 2.45) is 0 Å². The van der Waals surface area contributed by atoms with E-state index in [0.717, 1.165) is 32.9 Å². The van der Waals surface area contributed by atoms with Crippen molar-refractivity contribution in [3.8, 4) is 0 Å². The van der Waals surface area contributed by atoms with Gasteiger partial charge in [0.2, 0.25) is 0 Å². The number of hydrogen-bond donors (Lipinski definition) is 4. The molecule has 5 rings (SSSR count). The number of esters is 2. The van der Waals surface area contributed by atoms with Crippen molar-refractivity contribution in [1.82, 2.24) is 9.97 Å². The Morgan fingerprint density at radius 3 is 1.50 bits per heavy atom. The Morgan fingerprint density at radius 2 is 1.11 bits per heavy atom. The van der Waals surface area contributed by atoms with Crippen molar-refractivity contribution in [2.45, 2.75) is 24.9 Å². The summed E-state index contributed by atoms with van der Waals surface area (Å²) in [6.07, 6.45) is 3.98. The molecule has 0 saturated heterocycles. The van der Waals surface area contributed by atoms with Crippen LogP contribution in [0.2, 0.25) is 0 Å². The van der Waals surface area contributed by atoms with Gasteiger partial charge in [-0.15, -0.1) is 0 Å². The van der Waals surface area contributed by atoms with Crippen LogP contribution in [0.5, 0.6) is 0 Å². The number of rotatable bonds is 10. The first-order chi connectivity index (χ1) is 18.4. The van der Waals surface area contributed by atoms with Crippen LogP contribution in [0.1, 0.15) is 11.1 Å². The molecule has 3 aromatic carbocycles. The molecule has 2 atom stereocenters. The maximum absolute atomic E-state index is 12.6. The van der Waals surface area contributed by atoms with Crippen LogP contribution in [0, 0.1) is 0 Å². The summed E-state index contributed by atoms with van der Waals surface area (Å²) >= 11 is 0. The van der Waals surface area contributed by atoms with Crippen LogP contribution in [0.15, 0.2) is 70.5 Å². The van der Waals surface area contributed by atoms with E-state index in [4.69, 9.17) is 9.47 Å². The van der Waals surface area contributed by atoms with Gasteiger partial charge in [0.25, 0.3) is 10.9 Å². The Morgan fingerprint density at radius 1 is 0.711 bits per heavy atom. The third-order valence-corrected chi connectivity index (χ3v) is 6.72. The fourth-order valence-corrected chi connectivity index (χ4v) is 4.73. The van der Waals surface area contributed by atoms with Gasteiger partial charge in [-0.3, -0.25) is 9.59 Å². The normalized spacial score (nSPS) is 12.9. The largest absolute Gasteiger partial charge is 0.467 e. The molecule has 4 N–H and O–H groups in total. The van der Waals surface area contributed by atoms with Crippen LogP contribution >= 0.6 is 0 Å². The van der Waals surface area contributed by atoms with E-state index in [2.05, 4.69) is 20.6 Å². The van der Waals surface area contributed by atoms with Crippen molar-refractivity contribution in [2.75, 3.05) is 24.9 Å². The molecule has 38 heavy (non-hydrogen) atoms. The second-order valence-electron chi connectivity index (χ2n) is 8.98. The second kappa shape index (κ2) is 10.3. The first-order valence-electron chi connectivity index (χ1n) is 12.0. The van der Waals surface area contributed by atoms with Gasteiger partial charge >= 0.3 is 11.9 Å². The first kappa shape index (κ1) is 24.8. The number of para-hydroxylation sites is 2. The molecule has 10 nitrogen and oxygen atoms in total. The van der Waals surface area contributed by atoms with Gasteiger partial charge in [-0.25, -0.2) is 9.59 Å². The summed E-state index contributed by atoms with van der Waals surface area (Å²) in [5.41, 5.74) is 1.77. The van der Waals surface area contributed by atoms with E-state index in [0.29, 0.717) is 0 Å². The SMILES string of the molecule is COC(=O)C(Cc1c[nH]c2ccccc12)Nc1c(NC(Cc2c[nH]c3ccccc23)C(=O)OC)c(=O)c1=O. The van der Waals surface area contributed by atoms with Gasteiger partial charge < -0.3 is 30.1 Å². The van der Waals surface area contributed by atoms with Crippen LogP contribution in [-0.2, 0) is 31.9 Å². The van der Waals surface area contributed by atoms with Gasteiger partial charge in [-0.1, -0.05) is 36.4 Å². The van der Waals surface area contributed by atoms with Crippen LogP contribution in [0.25, 0.3) is 21.8 Å². The topological polar surface area (TPSA) is 142 Å². The Kier molecular flexibility index (Phi) is 6.69. The van der Waals surface area contributed by atoms with Gasteiger partial charge in [0, 0.05) is 47.0 Å². The monoisotopic (exact) mass is 514 g/mol. The number of anilines is 2. The van der Waals surface area contributed by atoms with E-state index in [1.165, 1.54) is 14.2 Å². The Bertz CT molecular complexity index is 1580. The summed E-state index contributed by atoms with van der Waals surface area (Å²) in [7, 11) is 2.50. The van der Waals surface area contributed by atoms with Crippen LogP contribution in [-0.4, -0.2) is 48.2 Å². The summed E-state index contributed by atoms with van der Waals surface area (Å²) in [6.45, 7) is 0. The number of methoxy groups -OCH3 is 2. The Balaban J connectivity index is 1.41. The second-order valence-corrected chi connectivity index (χ2v) is 8.98. The molecule has 0 spiro atoms. The minimum Gasteiger partial charge on any atom is -0.467 e. The number of carbonyl (C=O) groups is 2. The number of nitrogens with one attached hydrogen (secondary N) is 4. The van der Waals surface area contributed by atoms with Gasteiger partial charge in [0.1, 0.15) is 23.5 Å². The minimum atomic E-state index is -0.951. The highest BCUT2D eigenvalue weighted by atomic mass is 16.5. The molecule has 0 saturated carbocycles. The van der Waals surface area contributed by atoms with Crippen LogP contribution in [0.3, 0.4) is 0 Å². The van der Waals surface area contributed by atoms with E-state index in [1.54, 1.807) is 12.4 Å². The molecular weight excluding hydrogens is 488 g/mol. The van der Waals surface area contributed by atoms with Crippen molar-refractivity contribution >= 4 is 45.1 Å². The quantitative estimate of drug-likeness (QED) is 0.165. The Hall–Kier alpha value is -4.86. The standard InChI is InChI=1S/C28H26N4O6/c1-37-27(35)21(11-15-13-29-19-9-5-3-7-17(15)19)31-23-24(26(34)25(23)33)32-22(28(36)38-2)12-16-14-30-20-10-6-4-8-18(16)20/h3-10,13-14,21-22,29-32H,11-12H2,1-2H3. The average Bonchev–Trinajstić information content (AvgIpc) is 3.56. The zero-order chi connectivity index (χ0) is 26.8. The van der Waals surface area contributed by atoms with E-state index in [1.807, 2.05) is 48.5 Å². The predicted molar refractivity (Wildman–Crippen MR) is 144 cm³/mol. The van der Waals surface area contributed by atoms with E-state index in [-0.39, 0.29) is 24.2 Å².